The van der Waals surface area contributed by atoms with Crippen LogP contribution in [0.3, 0.4) is 0 Å². The number of benzene rings is 1. The first-order chi connectivity index (χ1) is 10.0. The first-order valence-corrected chi connectivity index (χ1v) is 9.26. The Hall–Kier alpha value is -1.79. The zero-order chi connectivity index (χ0) is 14.9. The van der Waals surface area contributed by atoms with Gasteiger partial charge in [0.1, 0.15) is 5.65 Å². The molecule has 6 heteroatoms. The van der Waals surface area contributed by atoms with Crippen molar-refractivity contribution in [2.24, 2.45) is 0 Å². The molecule has 0 bridgehead atoms. The third-order valence-corrected chi connectivity index (χ3v) is 5.43. The van der Waals surface area contributed by atoms with Crippen LogP contribution in [0.2, 0.25) is 0 Å². The van der Waals surface area contributed by atoms with Gasteiger partial charge in [-0.3, -0.25) is 0 Å². The third-order valence-electron chi connectivity index (χ3n) is 3.04. The summed E-state index contributed by atoms with van der Waals surface area (Å²) in [5.41, 5.74) is 1.82. The molecule has 108 valence electrons. The van der Waals surface area contributed by atoms with Crippen LogP contribution in [-0.4, -0.2) is 24.1 Å². The van der Waals surface area contributed by atoms with Crippen LogP contribution in [-0.2, 0) is 15.6 Å². The molecule has 21 heavy (non-hydrogen) atoms. The molecule has 0 N–H and O–H groups in total. The molecule has 0 aliphatic heterocycles. The number of hydrogen-bond acceptors (Lipinski definition) is 4. The largest absolute Gasteiger partial charge is 0.307 e. The van der Waals surface area contributed by atoms with Gasteiger partial charge in [0, 0.05) is 29.3 Å². The van der Waals surface area contributed by atoms with Gasteiger partial charge in [-0.25, -0.2) is 13.4 Å². The summed E-state index contributed by atoms with van der Waals surface area (Å²) in [5, 5.41) is 0. The van der Waals surface area contributed by atoms with E-state index in [2.05, 4.69) is 4.98 Å². The van der Waals surface area contributed by atoms with Crippen LogP contribution in [0.15, 0.2) is 64.6 Å². The van der Waals surface area contributed by atoms with Crippen LogP contribution in [0, 0.1) is 0 Å². The first kappa shape index (κ1) is 14.2. The first-order valence-electron chi connectivity index (χ1n) is 6.38. The molecule has 0 fully saturated rings. The zero-order valence-electron chi connectivity index (χ0n) is 11.4. The number of pyridine rings is 1. The highest BCUT2D eigenvalue weighted by Crippen LogP contribution is 2.28. The maximum Gasteiger partial charge on any atom is 0.176 e. The summed E-state index contributed by atoms with van der Waals surface area (Å²) in [7, 11) is -3.21. The van der Waals surface area contributed by atoms with Gasteiger partial charge in [0.05, 0.1) is 10.6 Å². The quantitative estimate of drug-likeness (QED) is 0.694. The van der Waals surface area contributed by atoms with Gasteiger partial charge >= 0.3 is 0 Å². The zero-order valence-corrected chi connectivity index (χ0v) is 13.1. The van der Waals surface area contributed by atoms with E-state index in [1.807, 2.05) is 47.1 Å². The second kappa shape index (κ2) is 5.54. The lowest BCUT2D eigenvalue weighted by atomic mass is 10.4. The number of rotatable bonds is 4. The van der Waals surface area contributed by atoms with E-state index in [0.29, 0.717) is 10.6 Å². The number of thioether (sulfide) groups is 1. The van der Waals surface area contributed by atoms with Crippen molar-refractivity contribution in [2.45, 2.75) is 15.5 Å². The van der Waals surface area contributed by atoms with Gasteiger partial charge in [-0.05, 0) is 24.3 Å². The molecule has 0 saturated carbocycles. The lowest BCUT2D eigenvalue weighted by molar-refractivity contribution is 0.600. The van der Waals surface area contributed by atoms with E-state index >= 15 is 0 Å². The minimum Gasteiger partial charge on any atom is -0.307 e. The molecule has 2 heterocycles. The standard InChI is InChI=1S/C15H14N2O2S2/c1-21(18,19)14-7-3-2-6-13(14)20-11-12-10-17-9-5-4-8-15(17)16-12/h2-10H,11H2,1H3. The fraction of sp³-hybridized carbons (Fsp3) is 0.133. The summed E-state index contributed by atoms with van der Waals surface area (Å²) in [4.78, 5) is 5.65. The van der Waals surface area contributed by atoms with Gasteiger partial charge in [0.25, 0.3) is 0 Å². The number of hydrogen-bond donors (Lipinski definition) is 0. The predicted octanol–water partition coefficient (Wildman–Crippen LogP) is 3.03. The van der Waals surface area contributed by atoms with Crippen molar-refractivity contribution in [3.8, 4) is 0 Å². The summed E-state index contributed by atoms with van der Waals surface area (Å²) < 4.78 is 25.5. The maximum absolute atomic E-state index is 11.8. The molecule has 0 aliphatic carbocycles. The van der Waals surface area contributed by atoms with Crippen molar-refractivity contribution in [3.63, 3.8) is 0 Å². The number of sulfone groups is 1. The average Bonchev–Trinajstić information content (AvgIpc) is 2.87. The van der Waals surface area contributed by atoms with E-state index in [-0.39, 0.29) is 0 Å². The Labute approximate surface area is 127 Å². The molecule has 0 unspecified atom stereocenters. The van der Waals surface area contributed by atoms with Crippen LogP contribution in [0.1, 0.15) is 5.69 Å². The van der Waals surface area contributed by atoms with Crippen molar-refractivity contribution in [1.29, 1.82) is 0 Å². The molecule has 0 aliphatic rings. The van der Waals surface area contributed by atoms with Crippen LogP contribution < -0.4 is 0 Å². The van der Waals surface area contributed by atoms with Crippen molar-refractivity contribution < 1.29 is 8.42 Å². The van der Waals surface area contributed by atoms with Crippen LogP contribution in [0.25, 0.3) is 5.65 Å². The summed E-state index contributed by atoms with van der Waals surface area (Å²) in [5.74, 6) is 0.633. The highest BCUT2D eigenvalue weighted by Gasteiger charge is 2.13. The lowest BCUT2D eigenvalue weighted by Gasteiger charge is -2.06. The second-order valence-corrected chi connectivity index (χ2v) is 7.71. The van der Waals surface area contributed by atoms with E-state index in [9.17, 15) is 8.42 Å². The SMILES string of the molecule is CS(=O)(=O)c1ccccc1SCc1cn2ccccc2n1. The number of imidazole rings is 1. The predicted molar refractivity (Wildman–Crippen MR) is 84.3 cm³/mol. The van der Waals surface area contributed by atoms with Crippen molar-refractivity contribution in [2.75, 3.05) is 6.26 Å². The second-order valence-electron chi connectivity index (χ2n) is 4.71. The molecule has 2 aromatic heterocycles. The molecular weight excluding hydrogens is 304 g/mol. The summed E-state index contributed by atoms with van der Waals surface area (Å²) in [6, 6.07) is 12.9. The molecule has 3 rings (SSSR count). The molecule has 3 aromatic rings. The Morgan fingerprint density at radius 3 is 2.67 bits per heavy atom. The van der Waals surface area contributed by atoms with Crippen LogP contribution in [0.4, 0.5) is 0 Å². The fourth-order valence-electron chi connectivity index (χ4n) is 2.08. The van der Waals surface area contributed by atoms with E-state index in [4.69, 9.17) is 0 Å². The normalized spacial score (nSPS) is 11.9. The Morgan fingerprint density at radius 1 is 1.14 bits per heavy atom. The van der Waals surface area contributed by atoms with E-state index in [1.54, 1.807) is 12.1 Å². The van der Waals surface area contributed by atoms with Gasteiger partial charge in [-0.2, -0.15) is 0 Å². The molecule has 0 radical (unpaired) electrons. The maximum atomic E-state index is 11.8. The van der Waals surface area contributed by atoms with Gasteiger partial charge in [0.2, 0.25) is 0 Å². The number of fused-ring (bicyclic) bond motifs is 1. The topological polar surface area (TPSA) is 51.4 Å². The monoisotopic (exact) mass is 318 g/mol. The van der Waals surface area contributed by atoms with Crippen LogP contribution >= 0.6 is 11.8 Å². The average molecular weight is 318 g/mol. The van der Waals surface area contributed by atoms with E-state index < -0.39 is 9.84 Å². The molecule has 4 nitrogen and oxygen atoms in total. The minimum absolute atomic E-state index is 0.374. The fourth-order valence-corrected chi connectivity index (χ4v) is 4.30. The molecule has 0 spiro atoms. The molecule has 0 amide bonds. The number of aromatic nitrogens is 2. The molecular formula is C15H14N2O2S2. The van der Waals surface area contributed by atoms with Crippen molar-refractivity contribution >= 4 is 27.2 Å². The van der Waals surface area contributed by atoms with E-state index in [0.717, 1.165) is 16.2 Å². The van der Waals surface area contributed by atoms with Gasteiger partial charge < -0.3 is 4.40 Å². The van der Waals surface area contributed by atoms with Gasteiger partial charge in [0.15, 0.2) is 9.84 Å². The molecule has 0 saturated heterocycles. The summed E-state index contributed by atoms with van der Waals surface area (Å²) in [6.07, 6.45) is 5.14. The van der Waals surface area contributed by atoms with Gasteiger partial charge in [-0.1, -0.05) is 18.2 Å². The molecule has 0 atom stereocenters. The highest BCUT2D eigenvalue weighted by atomic mass is 32.2. The van der Waals surface area contributed by atoms with Gasteiger partial charge in [-0.15, -0.1) is 11.8 Å². The molecule has 1 aromatic carbocycles. The smallest absolute Gasteiger partial charge is 0.176 e. The number of nitrogens with zero attached hydrogens (tertiary/aromatic N) is 2. The van der Waals surface area contributed by atoms with Crippen molar-refractivity contribution in [3.05, 3.63) is 60.6 Å². The highest BCUT2D eigenvalue weighted by molar-refractivity contribution is 7.99. The Bertz CT molecular complexity index is 852. The summed E-state index contributed by atoms with van der Waals surface area (Å²) in [6.45, 7) is 0. The van der Waals surface area contributed by atoms with Crippen molar-refractivity contribution in [1.82, 2.24) is 9.38 Å². The third kappa shape index (κ3) is 3.11. The van der Waals surface area contributed by atoms with E-state index in [1.165, 1.54) is 18.0 Å². The van der Waals surface area contributed by atoms with Crippen LogP contribution in [0.5, 0.6) is 0 Å². The Balaban J connectivity index is 1.85. The Kier molecular flexibility index (Phi) is 3.73. The lowest BCUT2D eigenvalue weighted by Crippen LogP contribution is -1.99. The minimum atomic E-state index is -3.21. The summed E-state index contributed by atoms with van der Waals surface area (Å²) >= 11 is 1.49. The Morgan fingerprint density at radius 2 is 1.90 bits per heavy atom.